The van der Waals surface area contributed by atoms with E-state index in [1.807, 2.05) is 0 Å². The number of nitrogens with zero attached hydrogens (tertiary/aromatic N) is 4. The molecule has 3 aromatic rings. The second-order valence-corrected chi connectivity index (χ2v) is 6.75. The Kier molecular flexibility index (Phi) is 6.72. The van der Waals surface area contributed by atoms with Crippen molar-refractivity contribution in [3.63, 3.8) is 0 Å². The van der Waals surface area contributed by atoms with Gasteiger partial charge in [-0.3, -0.25) is 0 Å². The first-order chi connectivity index (χ1) is 15.1. The largest absolute Gasteiger partial charge is 0.477 e. The summed E-state index contributed by atoms with van der Waals surface area (Å²) >= 11 is 6.01. The highest BCUT2D eigenvalue weighted by molar-refractivity contribution is 6.32. The van der Waals surface area contributed by atoms with Gasteiger partial charge in [0.05, 0.1) is 18.3 Å². The van der Waals surface area contributed by atoms with Crippen LogP contribution in [0.1, 0.15) is 19.3 Å². The van der Waals surface area contributed by atoms with Crippen molar-refractivity contribution in [3.05, 3.63) is 57.6 Å². The Hall–Kier alpha value is -3.54. The van der Waals surface area contributed by atoms with Crippen LogP contribution in [0.15, 0.2) is 35.3 Å². The summed E-state index contributed by atoms with van der Waals surface area (Å²) in [5.41, 5.74) is -1.67. The number of hydrogen-bond donors (Lipinski definition) is 0. The van der Waals surface area contributed by atoms with E-state index in [0.29, 0.717) is 4.68 Å². The maximum Gasteiger partial charge on any atom is 0.355 e. The number of ether oxygens (including phenoxy) is 3. The number of carbonyl (C=O) groups is 1. The predicted octanol–water partition coefficient (Wildman–Crippen LogP) is 3.66. The van der Waals surface area contributed by atoms with Gasteiger partial charge in [-0.1, -0.05) is 11.6 Å². The first kappa shape index (κ1) is 23.1. The summed E-state index contributed by atoms with van der Waals surface area (Å²) in [5.74, 6) is -1.69. The van der Waals surface area contributed by atoms with Crippen LogP contribution in [0.5, 0.6) is 17.4 Å². The molecule has 1 atom stereocenters. The molecule has 32 heavy (non-hydrogen) atoms. The van der Waals surface area contributed by atoms with Gasteiger partial charge < -0.3 is 14.2 Å². The lowest BCUT2D eigenvalue weighted by molar-refractivity contribution is -0.147. The summed E-state index contributed by atoms with van der Waals surface area (Å²) in [6, 6.07) is 4.73. The Morgan fingerprint density at radius 1 is 1.25 bits per heavy atom. The number of rotatable bonds is 7. The number of alkyl halides is 2. The average molecular weight is 473 g/mol. The molecule has 2 aromatic heterocycles. The van der Waals surface area contributed by atoms with Gasteiger partial charge in [-0.05, 0) is 26.0 Å². The highest BCUT2D eigenvalue weighted by atomic mass is 35.5. The summed E-state index contributed by atoms with van der Waals surface area (Å²) in [6.45, 7) is -0.465. The van der Waals surface area contributed by atoms with Gasteiger partial charge in [0.1, 0.15) is 23.0 Å². The van der Waals surface area contributed by atoms with E-state index in [0.717, 1.165) is 12.1 Å². The van der Waals surface area contributed by atoms with E-state index in [1.165, 1.54) is 39.3 Å². The van der Waals surface area contributed by atoms with E-state index in [4.69, 9.17) is 21.1 Å². The van der Waals surface area contributed by atoms with Crippen LogP contribution >= 0.6 is 11.6 Å². The molecule has 0 saturated carbocycles. The zero-order valence-electron chi connectivity index (χ0n) is 16.9. The molecule has 0 aliphatic rings. The quantitative estimate of drug-likeness (QED) is 0.484. The normalized spacial score (nSPS) is 12.0. The maximum atomic E-state index is 14.4. The fourth-order valence-corrected chi connectivity index (χ4v) is 2.83. The zero-order chi connectivity index (χ0) is 23.6. The number of methoxy groups -OCH3 is 1. The SMILES string of the molecule is COC(=O)C(C)Oc1ccc(Oc2cc(-n3nc(C)n(C(F)F)c3=O)c(F)cc2Cl)nc1. The van der Waals surface area contributed by atoms with Crippen molar-refractivity contribution in [3.8, 4) is 23.1 Å². The maximum absolute atomic E-state index is 14.4. The number of hydrogen-bond acceptors (Lipinski definition) is 7. The molecular weight excluding hydrogens is 457 g/mol. The molecule has 9 nitrogen and oxygen atoms in total. The van der Waals surface area contributed by atoms with Crippen LogP contribution in [0.4, 0.5) is 13.2 Å². The smallest absolute Gasteiger partial charge is 0.355 e. The fourth-order valence-electron chi connectivity index (χ4n) is 2.64. The van der Waals surface area contributed by atoms with Gasteiger partial charge in [0.15, 0.2) is 11.9 Å². The van der Waals surface area contributed by atoms with Gasteiger partial charge in [0.25, 0.3) is 0 Å². The summed E-state index contributed by atoms with van der Waals surface area (Å²) in [5, 5.41) is 3.52. The van der Waals surface area contributed by atoms with Gasteiger partial charge in [-0.15, -0.1) is 5.10 Å². The number of benzene rings is 1. The van der Waals surface area contributed by atoms with Gasteiger partial charge >= 0.3 is 18.2 Å². The van der Waals surface area contributed by atoms with Crippen LogP contribution < -0.4 is 15.2 Å². The molecule has 0 amide bonds. The summed E-state index contributed by atoms with van der Waals surface area (Å²) in [6.07, 6.45) is 0.406. The van der Waals surface area contributed by atoms with Crippen molar-refractivity contribution in [2.75, 3.05) is 7.11 Å². The third-order valence-electron chi connectivity index (χ3n) is 4.18. The third-order valence-corrected chi connectivity index (χ3v) is 4.47. The number of pyridine rings is 1. The second-order valence-electron chi connectivity index (χ2n) is 6.34. The minimum absolute atomic E-state index is 0.0177. The average Bonchev–Trinajstić information content (AvgIpc) is 3.04. The van der Waals surface area contributed by atoms with Crippen LogP contribution in [-0.4, -0.2) is 38.5 Å². The molecule has 170 valence electrons. The third kappa shape index (κ3) is 4.69. The molecular formula is C19H16ClF3N4O5. The monoisotopic (exact) mass is 472 g/mol. The number of aromatic nitrogens is 4. The molecule has 0 saturated heterocycles. The topological polar surface area (TPSA) is 97.5 Å². The number of esters is 1. The van der Waals surface area contributed by atoms with Gasteiger partial charge in [0, 0.05) is 12.1 Å². The second kappa shape index (κ2) is 9.30. The molecule has 1 unspecified atom stereocenters. The Morgan fingerprint density at radius 2 is 1.97 bits per heavy atom. The van der Waals surface area contributed by atoms with E-state index in [2.05, 4.69) is 14.8 Å². The van der Waals surface area contributed by atoms with Crippen molar-refractivity contribution in [2.45, 2.75) is 26.5 Å². The highest BCUT2D eigenvalue weighted by Crippen LogP contribution is 2.32. The molecule has 1 aromatic carbocycles. The van der Waals surface area contributed by atoms with Crippen molar-refractivity contribution in [1.82, 2.24) is 19.3 Å². The van der Waals surface area contributed by atoms with Crippen LogP contribution in [0.25, 0.3) is 5.69 Å². The molecule has 0 N–H and O–H groups in total. The molecule has 0 spiro atoms. The van der Waals surface area contributed by atoms with E-state index in [-0.39, 0.29) is 32.8 Å². The van der Waals surface area contributed by atoms with Gasteiger partial charge in [0.2, 0.25) is 5.88 Å². The lowest BCUT2D eigenvalue weighted by Crippen LogP contribution is -2.25. The summed E-state index contributed by atoms with van der Waals surface area (Å²) < 4.78 is 56.6. The molecule has 3 rings (SSSR count). The molecule has 0 aliphatic carbocycles. The summed E-state index contributed by atoms with van der Waals surface area (Å²) in [7, 11) is 1.23. The van der Waals surface area contributed by atoms with Crippen LogP contribution in [0.3, 0.4) is 0 Å². The van der Waals surface area contributed by atoms with Crippen LogP contribution in [0.2, 0.25) is 5.02 Å². The standard InChI is InChI=1S/C19H16ClF3N4O5/c1-9(17(28)30-3)31-11-4-5-16(24-8-11)32-15-7-14(13(21)6-12(15)20)27-19(29)26(18(22)23)10(2)25-27/h4-9,18H,1-3H3. The first-order valence-corrected chi connectivity index (χ1v) is 9.34. The minimum Gasteiger partial charge on any atom is -0.477 e. The first-order valence-electron chi connectivity index (χ1n) is 8.96. The van der Waals surface area contributed by atoms with E-state index in [9.17, 15) is 22.8 Å². The molecule has 0 radical (unpaired) electrons. The highest BCUT2D eigenvalue weighted by Gasteiger charge is 2.22. The molecule has 0 bridgehead atoms. The Labute approximate surface area is 183 Å². The molecule has 0 aliphatic heterocycles. The minimum atomic E-state index is -3.14. The van der Waals surface area contributed by atoms with E-state index >= 15 is 0 Å². The van der Waals surface area contributed by atoms with Crippen LogP contribution in [0, 0.1) is 12.7 Å². The van der Waals surface area contributed by atoms with E-state index < -0.39 is 35.8 Å². The predicted molar refractivity (Wildman–Crippen MR) is 105 cm³/mol. The van der Waals surface area contributed by atoms with Crippen molar-refractivity contribution < 1.29 is 32.2 Å². The fraction of sp³-hybridized carbons (Fsp3) is 0.263. The lowest BCUT2D eigenvalue weighted by Gasteiger charge is -2.13. The van der Waals surface area contributed by atoms with Gasteiger partial charge in [-0.25, -0.2) is 23.5 Å². The summed E-state index contributed by atoms with van der Waals surface area (Å²) in [4.78, 5) is 27.6. The van der Waals surface area contributed by atoms with Crippen LogP contribution in [-0.2, 0) is 9.53 Å². The Balaban J connectivity index is 1.88. The number of halogens is 4. The zero-order valence-corrected chi connectivity index (χ0v) is 17.6. The van der Waals surface area contributed by atoms with Crippen molar-refractivity contribution in [2.24, 2.45) is 0 Å². The molecule has 0 fully saturated rings. The van der Waals surface area contributed by atoms with Gasteiger partial charge in [-0.2, -0.15) is 13.5 Å². The number of carbonyl (C=O) groups excluding carboxylic acids is 1. The Morgan fingerprint density at radius 3 is 2.53 bits per heavy atom. The number of aryl methyl sites for hydroxylation is 1. The Bertz CT molecular complexity index is 1200. The van der Waals surface area contributed by atoms with E-state index in [1.54, 1.807) is 0 Å². The van der Waals surface area contributed by atoms with Crippen molar-refractivity contribution in [1.29, 1.82) is 0 Å². The van der Waals surface area contributed by atoms with Crippen molar-refractivity contribution >= 4 is 17.6 Å². The molecule has 2 heterocycles. The lowest BCUT2D eigenvalue weighted by atomic mass is 10.3. The molecule has 13 heteroatoms.